The maximum Gasteiger partial charge on any atom is 0.292 e. The summed E-state index contributed by atoms with van der Waals surface area (Å²) in [6.07, 6.45) is 1.24. The molecule has 0 bridgehead atoms. The number of hydrogen-bond acceptors (Lipinski definition) is 5. The molecule has 0 amide bonds. The van der Waals surface area contributed by atoms with Crippen LogP contribution in [0.3, 0.4) is 0 Å². The zero-order valence-electron chi connectivity index (χ0n) is 11.0. The second kappa shape index (κ2) is 6.16. The molecule has 0 saturated carbocycles. The monoisotopic (exact) mass is 263 g/mol. The zero-order chi connectivity index (χ0) is 14.5. The molecule has 0 heterocycles. The van der Waals surface area contributed by atoms with Crippen LogP contribution in [0, 0.1) is 21.4 Å². The number of benzene rings is 1. The fourth-order valence-electron chi connectivity index (χ4n) is 1.84. The van der Waals surface area contributed by atoms with Crippen LogP contribution in [0.1, 0.15) is 32.3 Å². The molecule has 2 N–H and O–H groups in total. The summed E-state index contributed by atoms with van der Waals surface area (Å²) in [7, 11) is 0. The number of nitro groups is 1. The molecular formula is C13H17N3O3. The number of nitrogens with one attached hydrogen (secondary N) is 1. The van der Waals surface area contributed by atoms with Gasteiger partial charge in [0.1, 0.15) is 5.69 Å². The van der Waals surface area contributed by atoms with E-state index in [1.807, 2.05) is 19.9 Å². The molecule has 0 aromatic heterocycles. The average Bonchev–Trinajstić information content (AvgIpc) is 2.44. The first-order valence-electron chi connectivity index (χ1n) is 6.09. The van der Waals surface area contributed by atoms with Crippen LogP contribution in [-0.2, 0) is 0 Å². The van der Waals surface area contributed by atoms with E-state index in [1.165, 1.54) is 18.2 Å². The Morgan fingerprint density at radius 2 is 2.11 bits per heavy atom. The quantitative estimate of drug-likeness (QED) is 0.606. The van der Waals surface area contributed by atoms with E-state index in [9.17, 15) is 15.2 Å². The van der Waals surface area contributed by atoms with Gasteiger partial charge in [0, 0.05) is 6.07 Å². The Hall–Kier alpha value is -2.13. The predicted molar refractivity (Wildman–Crippen MR) is 71.8 cm³/mol. The highest BCUT2D eigenvalue weighted by Crippen LogP contribution is 2.30. The molecule has 1 aromatic rings. The van der Waals surface area contributed by atoms with Crippen molar-refractivity contribution < 1.29 is 10.0 Å². The smallest absolute Gasteiger partial charge is 0.292 e. The Balaban J connectivity index is 3.24. The van der Waals surface area contributed by atoms with Gasteiger partial charge < -0.3 is 10.4 Å². The molecule has 0 unspecified atom stereocenters. The van der Waals surface area contributed by atoms with Gasteiger partial charge in [0.05, 0.1) is 28.7 Å². The van der Waals surface area contributed by atoms with Crippen molar-refractivity contribution in [1.82, 2.24) is 0 Å². The maximum atomic E-state index is 11.0. The van der Waals surface area contributed by atoms with Crippen molar-refractivity contribution in [2.45, 2.75) is 32.2 Å². The Morgan fingerprint density at radius 3 is 2.53 bits per heavy atom. The molecule has 6 heteroatoms. The maximum absolute atomic E-state index is 11.0. The van der Waals surface area contributed by atoms with E-state index in [0.29, 0.717) is 18.4 Å². The predicted octanol–water partition coefficient (Wildman–Crippen LogP) is 2.43. The van der Waals surface area contributed by atoms with E-state index >= 15 is 0 Å². The van der Waals surface area contributed by atoms with Gasteiger partial charge >= 0.3 is 0 Å². The minimum Gasteiger partial charge on any atom is -0.394 e. The Bertz CT molecular complexity index is 496. The van der Waals surface area contributed by atoms with Crippen LogP contribution in [0.25, 0.3) is 0 Å². The zero-order valence-corrected chi connectivity index (χ0v) is 11.0. The molecule has 102 valence electrons. The lowest BCUT2D eigenvalue weighted by molar-refractivity contribution is -0.384. The number of hydrogen-bond donors (Lipinski definition) is 2. The molecule has 6 nitrogen and oxygen atoms in total. The average molecular weight is 263 g/mol. The van der Waals surface area contributed by atoms with Crippen LogP contribution >= 0.6 is 0 Å². The van der Waals surface area contributed by atoms with Gasteiger partial charge in [-0.2, -0.15) is 5.26 Å². The van der Waals surface area contributed by atoms with E-state index in [2.05, 4.69) is 5.32 Å². The summed E-state index contributed by atoms with van der Waals surface area (Å²) < 4.78 is 0. The molecule has 0 radical (unpaired) electrons. The summed E-state index contributed by atoms with van der Waals surface area (Å²) in [5.41, 5.74) is -0.105. The normalized spacial score (nSPS) is 10.8. The lowest BCUT2D eigenvalue weighted by atomic mass is 9.93. The van der Waals surface area contributed by atoms with Crippen LogP contribution in [-0.4, -0.2) is 22.2 Å². The van der Waals surface area contributed by atoms with Crippen LogP contribution < -0.4 is 5.32 Å². The van der Waals surface area contributed by atoms with Crippen LogP contribution in [0.5, 0.6) is 0 Å². The van der Waals surface area contributed by atoms with E-state index < -0.39 is 10.5 Å². The highest BCUT2D eigenvalue weighted by Gasteiger charge is 2.28. The minimum absolute atomic E-state index is 0.0984. The van der Waals surface area contributed by atoms with Gasteiger partial charge in [0.2, 0.25) is 0 Å². The van der Waals surface area contributed by atoms with Gasteiger partial charge in [-0.05, 0) is 25.0 Å². The van der Waals surface area contributed by atoms with Crippen molar-refractivity contribution in [1.29, 1.82) is 5.26 Å². The Kier molecular flexibility index (Phi) is 4.84. The lowest BCUT2D eigenvalue weighted by Gasteiger charge is -2.31. The van der Waals surface area contributed by atoms with Gasteiger partial charge in [-0.1, -0.05) is 13.8 Å². The van der Waals surface area contributed by atoms with Gasteiger partial charge in [-0.15, -0.1) is 0 Å². The third kappa shape index (κ3) is 3.20. The van der Waals surface area contributed by atoms with E-state index in [4.69, 9.17) is 5.26 Å². The molecule has 0 atom stereocenters. The van der Waals surface area contributed by atoms with Crippen molar-refractivity contribution in [3.63, 3.8) is 0 Å². The van der Waals surface area contributed by atoms with Crippen molar-refractivity contribution in [3.8, 4) is 6.07 Å². The molecule has 0 spiro atoms. The molecule has 1 rings (SSSR count). The molecule has 0 aliphatic heterocycles. The van der Waals surface area contributed by atoms with Gasteiger partial charge in [0.25, 0.3) is 5.69 Å². The summed E-state index contributed by atoms with van der Waals surface area (Å²) in [5.74, 6) is 0. The van der Waals surface area contributed by atoms with Gasteiger partial charge in [-0.25, -0.2) is 0 Å². The third-order valence-corrected chi connectivity index (χ3v) is 3.38. The molecule has 0 aliphatic carbocycles. The standard InChI is InChI=1S/C13H17N3O3/c1-3-13(4-2,9-17)15-11-7-10(8-14)5-6-12(11)16(18)19/h5-7,15,17H,3-4,9H2,1-2H3. The van der Waals surface area contributed by atoms with E-state index in [1.54, 1.807) is 0 Å². The molecule has 19 heavy (non-hydrogen) atoms. The van der Waals surface area contributed by atoms with E-state index in [0.717, 1.165) is 0 Å². The van der Waals surface area contributed by atoms with Crippen LogP contribution in [0.4, 0.5) is 11.4 Å². The summed E-state index contributed by atoms with van der Waals surface area (Å²) in [5, 5.41) is 32.4. The Morgan fingerprint density at radius 1 is 1.47 bits per heavy atom. The third-order valence-electron chi connectivity index (χ3n) is 3.38. The molecular weight excluding hydrogens is 246 g/mol. The number of aliphatic hydroxyl groups is 1. The lowest BCUT2D eigenvalue weighted by Crippen LogP contribution is -2.41. The molecule has 1 aromatic carbocycles. The highest BCUT2D eigenvalue weighted by atomic mass is 16.6. The summed E-state index contributed by atoms with van der Waals surface area (Å²) in [6, 6.07) is 6.09. The molecule has 0 saturated heterocycles. The second-order valence-electron chi connectivity index (χ2n) is 4.37. The number of nitriles is 1. The number of nitrogens with zero attached hydrogens (tertiary/aromatic N) is 2. The summed E-state index contributed by atoms with van der Waals surface area (Å²) in [6.45, 7) is 3.66. The van der Waals surface area contributed by atoms with Crippen LogP contribution in [0.2, 0.25) is 0 Å². The second-order valence-corrected chi connectivity index (χ2v) is 4.37. The number of rotatable bonds is 6. The van der Waals surface area contributed by atoms with Gasteiger partial charge in [-0.3, -0.25) is 10.1 Å². The number of anilines is 1. The number of aliphatic hydroxyl groups excluding tert-OH is 1. The SMILES string of the molecule is CCC(CC)(CO)Nc1cc(C#N)ccc1[N+](=O)[O-]. The fraction of sp³-hybridized carbons (Fsp3) is 0.462. The van der Waals surface area contributed by atoms with Crippen molar-refractivity contribution in [2.75, 3.05) is 11.9 Å². The number of nitro benzene ring substituents is 1. The van der Waals surface area contributed by atoms with Crippen molar-refractivity contribution in [3.05, 3.63) is 33.9 Å². The largest absolute Gasteiger partial charge is 0.394 e. The van der Waals surface area contributed by atoms with Crippen molar-refractivity contribution in [2.24, 2.45) is 0 Å². The molecule has 0 fully saturated rings. The highest BCUT2D eigenvalue weighted by molar-refractivity contribution is 5.65. The van der Waals surface area contributed by atoms with Crippen LogP contribution in [0.15, 0.2) is 18.2 Å². The topological polar surface area (TPSA) is 99.2 Å². The Labute approximate surface area is 111 Å². The van der Waals surface area contributed by atoms with E-state index in [-0.39, 0.29) is 18.0 Å². The minimum atomic E-state index is -0.612. The van der Waals surface area contributed by atoms with Gasteiger partial charge in [0.15, 0.2) is 0 Å². The summed E-state index contributed by atoms with van der Waals surface area (Å²) in [4.78, 5) is 10.5. The first-order chi connectivity index (χ1) is 9.01. The summed E-state index contributed by atoms with van der Waals surface area (Å²) >= 11 is 0. The van der Waals surface area contributed by atoms with Crippen molar-refractivity contribution >= 4 is 11.4 Å². The molecule has 0 aliphatic rings. The first kappa shape index (κ1) is 14.9. The first-order valence-corrected chi connectivity index (χ1v) is 6.09. The fourth-order valence-corrected chi connectivity index (χ4v) is 1.84.